The highest BCUT2D eigenvalue weighted by Gasteiger charge is 2.27. The summed E-state index contributed by atoms with van der Waals surface area (Å²) in [5, 5.41) is 7.08. The Bertz CT molecular complexity index is 957. The lowest BCUT2D eigenvalue weighted by Crippen LogP contribution is -2.41. The third-order valence-corrected chi connectivity index (χ3v) is 5.30. The SMILES string of the molecule is Cc1ccc(C)c(OC2CCN(C(=O)c3cn[nH]c3-c3ccccc3)CC2)c1. The molecule has 1 aliphatic heterocycles. The molecule has 1 saturated heterocycles. The Kier molecular flexibility index (Phi) is 5.15. The number of piperidine rings is 1. The first-order chi connectivity index (χ1) is 13.6. The Morgan fingerprint density at radius 3 is 2.61 bits per heavy atom. The number of aromatic nitrogens is 2. The van der Waals surface area contributed by atoms with Crippen LogP contribution in [0.25, 0.3) is 11.3 Å². The molecule has 4 rings (SSSR count). The lowest BCUT2D eigenvalue weighted by molar-refractivity contribution is 0.0595. The molecule has 1 aliphatic rings. The highest BCUT2D eigenvalue weighted by Crippen LogP contribution is 2.26. The number of amides is 1. The van der Waals surface area contributed by atoms with E-state index in [0.717, 1.165) is 35.4 Å². The van der Waals surface area contributed by atoms with Gasteiger partial charge in [-0.1, -0.05) is 42.5 Å². The number of nitrogens with one attached hydrogen (secondary N) is 1. The second kappa shape index (κ2) is 7.89. The molecule has 1 N–H and O–H groups in total. The first-order valence-corrected chi connectivity index (χ1v) is 9.74. The molecule has 2 aromatic carbocycles. The van der Waals surface area contributed by atoms with Crippen LogP contribution in [0.4, 0.5) is 0 Å². The average Bonchev–Trinajstić information content (AvgIpc) is 3.21. The van der Waals surface area contributed by atoms with E-state index in [1.165, 1.54) is 5.56 Å². The Morgan fingerprint density at radius 2 is 1.86 bits per heavy atom. The van der Waals surface area contributed by atoms with Gasteiger partial charge in [0.05, 0.1) is 17.5 Å². The zero-order valence-electron chi connectivity index (χ0n) is 16.3. The highest BCUT2D eigenvalue weighted by atomic mass is 16.5. The van der Waals surface area contributed by atoms with Crippen molar-refractivity contribution in [2.75, 3.05) is 13.1 Å². The Labute approximate surface area is 165 Å². The van der Waals surface area contributed by atoms with Gasteiger partial charge in [0.1, 0.15) is 11.9 Å². The van der Waals surface area contributed by atoms with Crippen molar-refractivity contribution in [3.05, 3.63) is 71.4 Å². The zero-order valence-corrected chi connectivity index (χ0v) is 16.3. The van der Waals surface area contributed by atoms with Gasteiger partial charge in [-0.2, -0.15) is 5.10 Å². The topological polar surface area (TPSA) is 58.2 Å². The number of rotatable bonds is 4. The summed E-state index contributed by atoms with van der Waals surface area (Å²) in [5.41, 5.74) is 4.72. The second-order valence-electron chi connectivity index (χ2n) is 7.40. The number of carbonyl (C=O) groups excluding carboxylic acids is 1. The van der Waals surface area contributed by atoms with Crippen LogP contribution in [0.2, 0.25) is 0 Å². The quantitative estimate of drug-likeness (QED) is 0.736. The zero-order chi connectivity index (χ0) is 19.5. The third-order valence-electron chi connectivity index (χ3n) is 5.30. The van der Waals surface area contributed by atoms with Crippen molar-refractivity contribution in [1.82, 2.24) is 15.1 Å². The van der Waals surface area contributed by atoms with Crippen molar-refractivity contribution in [2.24, 2.45) is 0 Å². The van der Waals surface area contributed by atoms with Crippen molar-refractivity contribution < 1.29 is 9.53 Å². The summed E-state index contributed by atoms with van der Waals surface area (Å²) in [7, 11) is 0. The lowest BCUT2D eigenvalue weighted by atomic mass is 10.0. The van der Waals surface area contributed by atoms with Gasteiger partial charge in [0.15, 0.2) is 0 Å². The number of carbonyl (C=O) groups is 1. The molecule has 3 aromatic rings. The Hall–Kier alpha value is -3.08. The van der Waals surface area contributed by atoms with Crippen molar-refractivity contribution >= 4 is 5.91 Å². The van der Waals surface area contributed by atoms with Crippen LogP contribution in [0.3, 0.4) is 0 Å². The predicted molar refractivity (Wildman–Crippen MR) is 109 cm³/mol. The van der Waals surface area contributed by atoms with Gasteiger partial charge in [-0.25, -0.2) is 0 Å². The number of aromatic amines is 1. The van der Waals surface area contributed by atoms with Crippen LogP contribution < -0.4 is 4.74 Å². The monoisotopic (exact) mass is 375 g/mol. The smallest absolute Gasteiger partial charge is 0.257 e. The van der Waals surface area contributed by atoms with Crippen LogP contribution >= 0.6 is 0 Å². The third kappa shape index (κ3) is 3.79. The first-order valence-electron chi connectivity index (χ1n) is 9.74. The van der Waals surface area contributed by atoms with E-state index in [0.29, 0.717) is 18.7 Å². The summed E-state index contributed by atoms with van der Waals surface area (Å²) in [6, 6.07) is 16.1. The van der Waals surface area contributed by atoms with Crippen LogP contribution in [-0.4, -0.2) is 40.2 Å². The normalized spacial score (nSPS) is 14.9. The number of ether oxygens (including phenoxy) is 1. The summed E-state index contributed by atoms with van der Waals surface area (Å²) in [6.45, 7) is 5.52. The molecule has 2 heterocycles. The van der Waals surface area contributed by atoms with Crippen molar-refractivity contribution in [3.8, 4) is 17.0 Å². The molecule has 1 aromatic heterocycles. The lowest BCUT2D eigenvalue weighted by Gasteiger charge is -2.32. The molecule has 5 nitrogen and oxygen atoms in total. The highest BCUT2D eigenvalue weighted by molar-refractivity contribution is 5.99. The predicted octanol–water partition coefficient (Wildman–Crippen LogP) is 4.38. The number of benzene rings is 2. The van der Waals surface area contributed by atoms with E-state index >= 15 is 0 Å². The van der Waals surface area contributed by atoms with E-state index in [4.69, 9.17) is 4.74 Å². The summed E-state index contributed by atoms with van der Waals surface area (Å²) in [5.74, 6) is 0.976. The van der Waals surface area contributed by atoms with Crippen molar-refractivity contribution in [1.29, 1.82) is 0 Å². The molecule has 0 atom stereocenters. The number of nitrogens with zero attached hydrogens (tertiary/aromatic N) is 2. The fourth-order valence-corrected chi connectivity index (χ4v) is 3.63. The molecule has 0 bridgehead atoms. The van der Waals surface area contributed by atoms with Crippen LogP contribution in [0.1, 0.15) is 34.3 Å². The number of hydrogen-bond acceptors (Lipinski definition) is 3. The molecule has 28 heavy (non-hydrogen) atoms. The summed E-state index contributed by atoms with van der Waals surface area (Å²) in [6.07, 6.45) is 3.43. The van der Waals surface area contributed by atoms with Crippen molar-refractivity contribution in [2.45, 2.75) is 32.8 Å². The molecule has 5 heteroatoms. The first kappa shape index (κ1) is 18.3. The van der Waals surface area contributed by atoms with Gasteiger partial charge < -0.3 is 9.64 Å². The van der Waals surface area contributed by atoms with Gasteiger partial charge in [-0.15, -0.1) is 0 Å². The van der Waals surface area contributed by atoms with Gasteiger partial charge in [0.25, 0.3) is 5.91 Å². The molecule has 144 valence electrons. The fourth-order valence-electron chi connectivity index (χ4n) is 3.63. The minimum Gasteiger partial charge on any atom is -0.490 e. The molecular formula is C23H25N3O2. The van der Waals surface area contributed by atoms with Gasteiger partial charge >= 0.3 is 0 Å². The number of aryl methyl sites for hydroxylation is 2. The Morgan fingerprint density at radius 1 is 1.11 bits per heavy atom. The molecule has 0 unspecified atom stereocenters. The van der Waals surface area contributed by atoms with Crippen LogP contribution in [0.5, 0.6) is 5.75 Å². The standard InChI is InChI=1S/C23H25N3O2/c1-16-8-9-17(2)21(14-16)28-19-10-12-26(13-11-19)23(27)20-15-24-25-22(20)18-6-4-3-5-7-18/h3-9,14-15,19H,10-13H2,1-2H3,(H,24,25). The maximum Gasteiger partial charge on any atom is 0.257 e. The maximum absolute atomic E-state index is 13.0. The van der Waals surface area contributed by atoms with E-state index in [2.05, 4.69) is 42.2 Å². The number of hydrogen-bond donors (Lipinski definition) is 1. The largest absolute Gasteiger partial charge is 0.490 e. The summed E-state index contributed by atoms with van der Waals surface area (Å²) < 4.78 is 6.22. The Balaban J connectivity index is 1.41. The molecule has 1 fully saturated rings. The molecule has 0 saturated carbocycles. The van der Waals surface area contributed by atoms with Gasteiger partial charge in [-0.3, -0.25) is 9.89 Å². The molecular weight excluding hydrogens is 350 g/mol. The summed E-state index contributed by atoms with van der Waals surface area (Å²) in [4.78, 5) is 14.9. The van der Waals surface area contributed by atoms with Gasteiger partial charge in [0, 0.05) is 31.5 Å². The minimum atomic E-state index is 0.0257. The van der Waals surface area contributed by atoms with E-state index < -0.39 is 0 Å². The van der Waals surface area contributed by atoms with Crippen molar-refractivity contribution in [3.63, 3.8) is 0 Å². The minimum absolute atomic E-state index is 0.0257. The van der Waals surface area contributed by atoms with Gasteiger partial charge in [-0.05, 0) is 31.0 Å². The number of H-pyrrole nitrogens is 1. The van der Waals surface area contributed by atoms with E-state index in [9.17, 15) is 4.79 Å². The average molecular weight is 375 g/mol. The number of likely N-dealkylation sites (tertiary alicyclic amines) is 1. The maximum atomic E-state index is 13.0. The van der Waals surface area contributed by atoms with E-state index in [1.54, 1.807) is 6.20 Å². The van der Waals surface area contributed by atoms with E-state index in [-0.39, 0.29) is 12.0 Å². The van der Waals surface area contributed by atoms with Crippen LogP contribution in [0, 0.1) is 13.8 Å². The summed E-state index contributed by atoms with van der Waals surface area (Å²) >= 11 is 0. The fraction of sp³-hybridized carbons (Fsp3) is 0.304. The van der Waals surface area contributed by atoms with Gasteiger partial charge in [0.2, 0.25) is 0 Å². The van der Waals surface area contributed by atoms with Crippen LogP contribution in [-0.2, 0) is 0 Å². The van der Waals surface area contributed by atoms with Crippen LogP contribution in [0.15, 0.2) is 54.7 Å². The molecule has 1 amide bonds. The second-order valence-corrected chi connectivity index (χ2v) is 7.40. The molecule has 0 radical (unpaired) electrons. The molecule has 0 aliphatic carbocycles. The molecule has 0 spiro atoms. The van der Waals surface area contributed by atoms with E-state index in [1.807, 2.05) is 35.2 Å².